The van der Waals surface area contributed by atoms with Gasteiger partial charge in [0.05, 0.1) is 11.2 Å². The van der Waals surface area contributed by atoms with E-state index in [9.17, 15) is 14.3 Å². The van der Waals surface area contributed by atoms with Crippen LogP contribution in [0.25, 0.3) is 16.6 Å². The summed E-state index contributed by atoms with van der Waals surface area (Å²) in [6.45, 7) is 1.52. The molecule has 3 aromatic rings. The molecule has 1 N–H and O–H groups in total. The Balaban J connectivity index is 2.47. The van der Waals surface area contributed by atoms with Crippen molar-refractivity contribution >= 4 is 10.9 Å². The van der Waals surface area contributed by atoms with Crippen LogP contribution < -0.4 is 5.56 Å². The summed E-state index contributed by atoms with van der Waals surface area (Å²) in [5.74, 6) is -0.434. The fourth-order valence-electron chi connectivity index (χ4n) is 2.31. The molecule has 2 aromatic carbocycles. The van der Waals surface area contributed by atoms with Gasteiger partial charge in [-0.05, 0) is 31.2 Å². The first-order valence-electron chi connectivity index (χ1n) is 6.54. The van der Waals surface area contributed by atoms with Crippen LogP contribution in [0.15, 0.2) is 53.3 Å². The molecule has 0 aliphatic carbocycles. The van der Waals surface area contributed by atoms with Crippen molar-refractivity contribution in [2.45, 2.75) is 13.0 Å². The molecule has 0 bridgehead atoms. The Morgan fingerprint density at radius 1 is 1.14 bits per heavy atom. The monoisotopic (exact) mass is 284 g/mol. The van der Waals surface area contributed by atoms with Crippen LogP contribution in [-0.2, 0) is 0 Å². The highest BCUT2D eigenvalue weighted by Crippen LogP contribution is 2.19. The Morgan fingerprint density at radius 2 is 1.86 bits per heavy atom. The molecule has 0 saturated heterocycles. The first-order valence-corrected chi connectivity index (χ1v) is 6.54. The van der Waals surface area contributed by atoms with E-state index in [1.54, 1.807) is 30.3 Å². The predicted octanol–water partition coefficient (Wildman–Crippen LogP) is 2.58. The van der Waals surface area contributed by atoms with Crippen molar-refractivity contribution in [3.8, 4) is 5.69 Å². The summed E-state index contributed by atoms with van der Waals surface area (Å²) in [6.07, 6.45) is -0.953. The smallest absolute Gasteiger partial charge is 0.269 e. The van der Waals surface area contributed by atoms with E-state index >= 15 is 0 Å². The number of aliphatic hydroxyl groups excluding tert-OH is 1. The Labute approximate surface area is 120 Å². The van der Waals surface area contributed by atoms with Gasteiger partial charge in [-0.15, -0.1) is 0 Å². The number of aromatic nitrogens is 2. The Morgan fingerprint density at radius 3 is 2.52 bits per heavy atom. The highest BCUT2D eigenvalue weighted by atomic mass is 19.1. The summed E-state index contributed by atoms with van der Waals surface area (Å²) in [5.41, 5.74) is 0.249. The Bertz CT molecular complexity index is 857. The molecular weight excluding hydrogens is 271 g/mol. The first-order chi connectivity index (χ1) is 10.1. The number of hydrogen-bond donors (Lipinski definition) is 1. The number of rotatable bonds is 2. The third-order valence-electron chi connectivity index (χ3n) is 3.26. The highest BCUT2D eigenvalue weighted by Gasteiger charge is 2.17. The molecule has 0 fully saturated rings. The number of benzene rings is 2. The fraction of sp³-hybridized carbons (Fsp3) is 0.125. The number of nitrogens with zero attached hydrogens (tertiary/aromatic N) is 2. The number of para-hydroxylation sites is 1. The Kier molecular flexibility index (Phi) is 3.27. The molecule has 1 atom stereocenters. The molecule has 106 valence electrons. The van der Waals surface area contributed by atoms with Crippen LogP contribution in [0.2, 0.25) is 0 Å². The van der Waals surface area contributed by atoms with Crippen molar-refractivity contribution in [1.82, 2.24) is 9.55 Å². The van der Waals surface area contributed by atoms with Gasteiger partial charge in [-0.2, -0.15) is 0 Å². The fourth-order valence-corrected chi connectivity index (χ4v) is 2.31. The molecular formula is C16H13FN2O2. The van der Waals surface area contributed by atoms with E-state index in [-0.39, 0.29) is 16.7 Å². The minimum absolute atomic E-state index is 0.0780. The maximum Gasteiger partial charge on any atom is 0.269 e. The van der Waals surface area contributed by atoms with Gasteiger partial charge < -0.3 is 5.11 Å². The summed E-state index contributed by atoms with van der Waals surface area (Å²) in [5, 5.41) is 9.83. The molecule has 0 amide bonds. The molecule has 1 aromatic heterocycles. The standard InChI is InChI=1S/C16H13FN2O2/c1-10(20)15-18-13-9-5-8-12(17)14(13)16(21)19(15)11-6-3-2-4-7-11/h2-10,20H,1H3/t10-/m0/s1. The van der Waals surface area contributed by atoms with Crippen LogP contribution >= 0.6 is 0 Å². The highest BCUT2D eigenvalue weighted by molar-refractivity contribution is 5.78. The zero-order valence-corrected chi connectivity index (χ0v) is 11.3. The van der Waals surface area contributed by atoms with Gasteiger partial charge in [-0.25, -0.2) is 9.37 Å². The number of aliphatic hydroxyl groups is 1. The maximum atomic E-state index is 14.0. The maximum absolute atomic E-state index is 14.0. The molecule has 5 heteroatoms. The quantitative estimate of drug-likeness (QED) is 0.787. The molecule has 21 heavy (non-hydrogen) atoms. The van der Waals surface area contributed by atoms with Gasteiger partial charge in [0, 0.05) is 0 Å². The topological polar surface area (TPSA) is 55.1 Å². The normalized spacial score (nSPS) is 12.5. The van der Waals surface area contributed by atoms with E-state index in [1.807, 2.05) is 6.07 Å². The van der Waals surface area contributed by atoms with Crippen LogP contribution in [-0.4, -0.2) is 14.7 Å². The minimum Gasteiger partial charge on any atom is -0.385 e. The van der Waals surface area contributed by atoms with Gasteiger partial charge in [0.15, 0.2) is 0 Å². The van der Waals surface area contributed by atoms with Crippen molar-refractivity contribution in [3.05, 3.63) is 70.5 Å². The van der Waals surface area contributed by atoms with Crippen LogP contribution in [0, 0.1) is 5.82 Å². The first kappa shape index (κ1) is 13.5. The van der Waals surface area contributed by atoms with Crippen molar-refractivity contribution in [2.24, 2.45) is 0 Å². The number of hydrogen-bond acceptors (Lipinski definition) is 3. The average molecular weight is 284 g/mol. The third kappa shape index (κ3) is 2.21. The lowest BCUT2D eigenvalue weighted by molar-refractivity contribution is 0.186. The lowest BCUT2D eigenvalue weighted by Crippen LogP contribution is -2.25. The van der Waals surface area contributed by atoms with Gasteiger partial charge in [0.25, 0.3) is 5.56 Å². The van der Waals surface area contributed by atoms with E-state index in [4.69, 9.17) is 0 Å². The zero-order chi connectivity index (χ0) is 15.0. The van der Waals surface area contributed by atoms with Gasteiger partial charge in [0.2, 0.25) is 0 Å². The van der Waals surface area contributed by atoms with E-state index in [1.165, 1.54) is 23.6 Å². The van der Waals surface area contributed by atoms with Gasteiger partial charge in [-0.1, -0.05) is 24.3 Å². The lowest BCUT2D eigenvalue weighted by Gasteiger charge is -2.15. The lowest BCUT2D eigenvalue weighted by atomic mass is 10.2. The average Bonchev–Trinajstić information content (AvgIpc) is 2.47. The minimum atomic E-state index is -0.953. The van der Waals surface area contributed by atoms with E-state index < -0.39 is 17.5 Å². The van der Waals surface area contributed by atoms with Gasteiger partial charge in [0.1, 0.15) is 23.1 Å². The second-order valence-corrected chi connectivity index (χ2v) is 4.76. The van der Waals surface area contributed by atoms with Crippen LogP contribution in [0.4, 0.5) is 4.39 Å². The molecule has 0 saturated carbocycles. The van der Waals surface area contributed by atoms with Crippen molar-refractivity contribution < 1.29 is 9.50 Å². The summed E-state index contributed by atoms with van der Waals surface area (Å²) in [4.78, 5) is 16.9. The van der Waals surface area contributed by atoms with Crippen LogP contribution in [0.5, 0.6) is 0 Å². The second kappa shape index (κ2) is 5.10. The van der Waals surface area contributed by atoms with Crippen LogP contribution in [0.3, 0.4) is 0 Å². The van der Waals surface area contributed by atoms with Gasteiger partial charge >= 0.3 is 0 Å². The predicted molar refractivity (Wildman–Crippen MR) is 77.9 cm³/mol. The molecule has 1 heterocycles. The van der Waals surface area contributed by atoms with E-state index in [0.29, 0.717) is 5.69 Å². The van der Waals surface area contributed by atoms with E-state index in [0.717, 1.165) is 0 Å². The summed E-state index contributed by atoms with van der Waals surface area (Å²) < 4.78 is 15.2. The molecule has 0 unspecified atom stereocenters. The summed E-state index contributed by atoms with van der Waals surface area (Å²) in [7, 11) is 0. The SMILES string of the molecule is C[C@H](O)c1nc2cccc(F)c2c(=O)n1-c1ccccc1. The molecule has 3 rings (SSSR count). The Hall–Kier alpha value is -2.53. The molecule has 0 aliphatic heterocycles. The molecule has 0 radical (unpaired) electrons. The molecule has 0 spiro atoms. The van der Waals surface area contributed by atoms with Crippen molar-refractivity contribution in [1.29, 1.82) is 0 Å². The van der Waals surface area contributed by atoms with Crippen molar-refractivity contribution in [3.63, 3.8) is 0 Å². The second-order valence-electron chi connectivity index (χ2n) is 4.76. The largest absolute Gasteiger partial charge is 0.385 e. The van der Waals surface area contributed by atoms with Crippen molar-refractivity contribution in [2.75, 3.05) is 0 Å². The number of halogens is 1. The van der Waals surface area contributed by atoms with E-state index in [2.05, 4.69) is 4.98 Å². The molecule has 0 aliphatic rings. The zero-order valence-electron chi connectivity index (χ0n) is 11.3. The number of fused-ring (bicyclic) bond motifs is 1. The third-order valence-corrected chi connectivity index (χ3v) is 3.26. The summed E-state index contributed by atoms with van der Waals surface area (Å²) >= 11 is 0. The van der Waals surface area contributed by atoms with Gasteiger partial charge in [-0.3, -0.25) is 9.36 Å². The summed E-state index contributed by atoms with van der Waals surface area (Å²) in [6, 6.07) is 13.0. The molecule has 4 nitrogen and oxygen atoms in total. The van der Waals surface area contributed by atoms with Crippen LogP contribution in [0.1, 0.15) is 18.9 Å².